The number of pyridine rings is 1. The second kappa shape index (κ2) is 7.67. The van der Waals surface area contributed by atoms with Crippen LogP contribution < -0.4 is 5.32 Å². The van der Waals surface area contributed by atoms with Gasteiger partial charge in [0.25, 0.3) is 6.43 Å². The number of alkyl halides is 2. The Morgan fingerprint density at radius 2 is 2.28 bits per heavy atom. The molecule has 0 saturated carbocycles. The fourth-order valence-electron chi connectivity index (χ4n) is 1.23. The van der Waals surface area contributed by atoms with Crippen molar-refractivity contribution in [1.29, 1.82) is 0 Å². The molecule has 0 aliphatic rings. The number of hydrogen-bond acceptors (Lipinski definition) is 4. The predicted molar refractivity (Wildman–Crippen MR) is 59.7 cm³/mol. The second-order valence-electron chi connectivity index (χ2n) is 3.46. The summed E-state index contributed by atoms with van der Waals surface area (Å²) in [5.41, 5.74) is 0.548. The van der Waals surface area contributed by atoms with Gasteiger partial charge < -0.3 is 15.2 Å². The van der Waals surface area contributed by atoms with Crippen molar-refractivity contribution in [3.05, 3.63) is 29.6 Å². The molecule has 0 saturated heterocycles. The lowest BCUT2D eigenvalue weighted by atomic mass is 10.3. The van der Waals surface area contributed by atoms with Crippen molar-refractivity contribution < 1.29 is 23.4 Å². The van der Waals surface area contributed by atoms with E-state index in [4.69, 9.17) is 5.11 Å². The van der Waals surface area contributed by atoms with Gasteiger partial charge in [-0.3, -0.25) is 0 Å². The van der Waals surface area contributed by atoms with E-state index in [-0.39, 0.29) is 12.3 Å². The van der Waals surface area contributed by atoms with Crippen molar-refractivity contribution in [2.75, 3.05) is 19.8 Å². The molecule has 0 aliphatic carbocycles. The van der Waals surface area contributed by atoms with Gasteiger partial charge >= 0.3 is 5.97 Å². The van der Waals surface area contributed by atoms with Crippen molar-refractivity contribution in [3.8, 4) is 0 Å². The lowest BCUT2D eigenvalue weighted by molar-refractivity contribution is 0.0187. The zero-order chi connectivity index (χ0) is 13.4. The van der Waals surface area contributed by atoms with Gasteiger partial charge in [0.2, 0.25) is 0 Å². The highest BCUT2D eigenvalue weighted by Gasteiger charge is 2.04. The molecule has 18 heavy (non-hydrogen) atoms. The van der Waals surface area contributed by atoms with Crippen molar-refractivity contribution in [2.24, 2.45) is 0 Å². The Morgan fingerprint density at radius 1 is 1.50 bits per heavy atom. The topological polar surface area (TPSA) is 71.5 Å². The van der Waals surface area contributed by atoms with E-state index in [2.05, 4.69) is 15.0 Å². The Kier molecular flexibility index (Phi) is 6.16. The smallest absolute Gasteiger partial charge is 0.354 e. The van der Waals surface area contributed by atoms with E-state index in [1.165, 1.54) is 6.07 Å². The first-order valence-corrected chi connectivity index (χ1v) is 5.35. The van der Waals surface area contributed by atoms with Gasteiger partial charge in [-0.15, -0.1) is 0 Å². The van der Waals surface area contributed by atoms with Gasteiger partial charge in [-0.25, -0.2) is 18.6 Å². The number of rotatable bonds is 8. The lowest BCUT2D eigenvalue weighted by Gasteiger charge is -2.06. The highest BCUT2D eigenvalue weighted by Crippen LogP contribution is 1.99. The fourth-order valence-corrected chi connectivity index (χ4v) is 1.23. The standard InChI is InChI=1S/C11H14F2N2O3/c12-10(13)7-18-5-4-14-6-8-2-1-3-9(15-8)11(16)17/h1-3,10,14H,4-7H2,(H,16,17). The Bertz CT molecular complexity index is 388. The molecule has 1 rings (SSSR count). The molecule has 0 atom stereocenters. The molecular weight excluding hydrogens is 246 g/mol. The van der Waals surface area contributed by atoms with Gasteiger partial charge in [-0.1, -0.05) is 6.07 Å². The summed E-state index contributed by atoms with van der Waals surface area (Å²) in [4.78, 5) is 14.6. The van der Waals surface area contributed by atoms with Crippen LogP contribution >= 0.6 is 0 Å². The summed E-state index contributed by atoms with van der Waals surface area (Å²) in [6, 6.07) is 4.68. The average Bonchev–Trinajstić information content (AvgIpc) is 2.33. The Labute approximate surface area is 103 Å². The molecule has 1 aromatic rings. The molecule has 7 heteroatoms. The summed E-state index contributed by atoms with van der Waals surface area (Å²) < 4.78 is 28.1. The molecule has 0 unspecified atom stereocenters. The van der Waals surface area contributed by atoms with Crippen molar-refractivity contribution >= 4 is 5.97 Å². The Balaban J connectivity index is 2.23. The summed E-state index contributed by atoms with van der Waals surface area (Å²) in [5, 5.41) is 11.6. The van der Waals surface area contributed by atoms with Crippen molar-refractivity contribution in [3.63, 3.8) is 0 Å². The summed E-state index contributed by atoms with van der Waals surface area (Å²) in [6.45, 7) is 0.349. The Morgan fingerprint density at radius 3 is 2.94 bits per heavy atom. The fraction of sp³-hybridized carbons (Fsp3) is 0.455. The SMILES string of the molecule is O=C(O)c1cccc(CNCCOCC(F)F)n1. The number of halogens is 2. The van der Waals surface area contributed by atoms with E-state index in [1.54, 1.807) is 12.1 Å². The first-order valence-electron chi connectivity index (χ1n) is 5.35. The molecule has 0 fully saturated rings. The molecule has 0 amide bonds. The largest absolute Gasteiger partial charge is 0.477 e. The molecule has 100 valence electrons. The highest BCUT2D eigenvalue weighted by atomic mass is 19.3. The van der Waals surface area contributed by atoms with Crippen LogP contribution in [0.25, 0.3) is 0 Å². The van der Waals surface area contributed by atoms with Crippen LogP contribution in [-0.4, -0.2) is 42.2 Å². The minimum Gasteiger partial charge on any atom is -0.477 e. The minimum absolute atomic E-state index is 0.0248. The van der Waals surface area contributed by atoms with Gasteiger partial charge in [0.1, 0.15) is 12.3 Å². The quantitative estimate of drug-likeness (QED) is 0.686. The third kappa shape index (κ3) is 5.65. The minimum atomic E-state index is -2.46. The van der Waals surface area contributed by atoms with Crippen LogP contribution in [0.15, 0.2) is 18.2 Å². The first kappa shape index (κ1) is 14.5. The molecule has 0 aromatic carbocycles. The number of carboxylic acids is 1. The van der Waals surface area contributed by atoms with Gasteiger partial charge in [-0.05, 0) is 12.1 Å². The average molecular weight is 260 g/mol. The number of nitrogens with one attached hydrogen (secondary N) is 1. The van der Waals surface area contributed by atoms with Crippen LogP contribution in [0.4, 0.5) is 8.78 Å². The van der Waals surface area contributed by atoms with Crippen LogP contribution in [0.3, 0.4) is 0 Å². The maximum atomic E-state index is 11.7. The number of ether oxygens (including phenoxy) is 1. The normalized spacial score (nSPS) is 10.8. The number of carboxylic acid groups (broad SMARTS) is 1. The van der Waals surface area contributed by atoms with E-state index >= 15 is 0 Å². The van der Waals surface area contributed by atoms with Gasteiger partial charge in [-0.2, -0.15) is 0 Å². The summed E-state index contributed by atoms with van der Waals surface area (Å²) in [6.07, 6.45) is -2.46. The third-order valence-corrected chi connectivity index (χ3v) is 2.00. The Hall–Kier alpha value is -1.60. The van der Waals surface area contributed by atoms with Gasteiger partial charge in [0.15, 0.2) is 0 Å². The van der Waals surface area contributed by atoms with E-state index < -0.39 is 19.0 Å². The number of nitrogens with zero attached hydrogens (tertiary/aromatic N) is 1. The van der Waals surface area contributed by atoms with Gasteiger partial charge in [0.05, 0.1) is 12.3 Å². The number of aromatic nitrogens is 1. The molecule has 0 radical (unpaired) electrons. The summed E-state index contributed by atoms with van der Waals surface area (Å²) in [7, 11) is 0. The van der Waals surface area contributed by atoms with E-state index in [1.807, 2.05) is 0 Å². The molecule has 1 heterocycles. The predicted octanol–water partition coefficient (Wildman–Crippen LogP) is 1.15. The van der Waals surface area contributed by atoms with E-state index in [0.717, 1.165) is 0 Å². The number of aromatic carboxylic acids is 1. The molecular formula is C11H14F2N2O3. The van der Waals surface area contributed by atoms with Gasteiger partial charge in [0, 0.05) is 13.1 Å². The zero-order valence-corrected chi connectivity index (χ0v) is 9.60. The van der Waals surface area contributed by atoms with Crippen LogP contribution in [0, 0.1) is 0 Å². The highest BCUT2D eigenvalue weighted by molar-refractivity contribution is 5.85. The number of hydrogen-bond donors (Lipinski definition) is 2. The van der Waals surface area contributed by atoms with E-state index in [9.17, 15) is 13.6 Å². The van der Waals surface area contributed by atoms with Crippen LogP contribution in [0.5, 0.6) is 0 Å². The maximum absolute atomic E-state index is 11.7. The molecule has 0 bridgehead atoms. The van der Waals surface area contributed by atoms with E-state index in [0.29, 0.717) is 18.8 Å². The molecule has 0 spiro atoms. The van der Waals surface area contributed by atoms with Crippen molar-refractivity contribution in [1.82, 2.24) is 10.3 Å². The number of carbonyl (C=O) groups is 1. The maximum Gasteiger partial charge on any atom is 0.354 e. The second-order valence-corrected chi connectivity index (χ2v) is 3.46. The molecule has 0 aliphatic heterocycles. The van der Waals surface area contributed by atoms with Crippen LogP contribution in [0.1, 0.15) is 16.2 Å². The van der Waals surface area contributed by atoms with Crippen molar-refractivity contribution in [2.45, 2.75) is 13.0 Å². The van der Waals surface area contributed by atoms with Crippen LogP contribution in [-0.2, 0) is 11.3 Å². The third-order valence-electron chi connectivity index (χ3n) is 2.00. The molecule has 5 nitrogen and oxygen atoms in total. The molecule has 1 aromatic heterocycles. The summed E-state index contributed by atoms with van der Waals surface area (Å²) >= 11 is 0. The van der Waals surface area contributed by atoms with Crippen LogP contribution in [0.2, 0.25) is 0 Å². The zero-order valence-electron chi connectivity index (χ0n) is 9.60. The molecule has 2 N–H and O–H groups in total. The lowest BCUT2D eigenvalue weighted by Crippen LogP contribution is -2.21. The first-order chi connectivity index (χ1) is 8.59. The summed E-state index contributed by atoms with van der Waals surface area (Å²) in [5.74, 6) is -1.09. The monoisotopic (exact) mass is 260 g/mol.